The zero-order valence-corrected chi connectivity index (χ0v) is 11.9. The first-order valence-corrected chi connectivity index (χ1v) is 6.38. The van der Waals surface area contributed by atoms with Crippen LogP contribution in [0.25, 0.3) is 0 Å². The second kappa shape index (κ2) is 5.15. The summed E-state index contributed by atoms with van der Waals surface area (Å²) < 4.78 is 11.6. The van der Waals surface area contributed by atoms with Gasteiger partial charge in [-0.05, 0) is 31.2 Å². The number of methoxy groups -OCH3 is 1. The molecule has 0 amide bonds. The SMILES string of the molecule is COc1ccc(Br)cc1C(Cl)c1ccoc1C. The van der Waals surface area contributed by atoms with Crippen LogP contribution in [0.15, 0.2) is 39.4 Å². The summed E-state index contributed by atoms with van der Waals surface area (Å²) in [6.45, 7) is 1.90. The van der Waals surface area contributed by atoms with Crippen molar-refractivity contribution >= 4 is 27.5 Å². The molecule has 0 saturated heterocycles. The number of benzene rings is 1. The summed E-state index contributed by atoms with van der Waals surface area (Å²) in [5.74, 6) is 1.60. The van der Waals surface area contributed by atoms with Crippen LogP contribution >= 0.6 is 27.5 Å². The molecule has 0 spiro atoms. The Morgan fingerprint density at radius 3 is 2.65 bits per heavy atom. The molecule has 0 bridgehead atoms. The van der Waals surface area contributed by atoms with Crippen LogP contribution in [0.4, 0.5) is 0 Å². The molecule has 2 rings (SSSR count). The minimum atomic E-state index is -0.277. The quantitative estimate of drug-likeness (QED) is 0.767. The van der Waals surface area contributed by atoms with Crippen molar-refractivity contribution < 1.29 is 9.15 Å². The lowest BCUT2D eigenvalue weighted by molar-refractivity contribution is 0.410. The fourth-order valence-corrected chi connectivity index (χ4v) is 2.50. The minimum Gasteiger partial charge on any atom is -0.496 e. The zero-order chi connectivity index (χ0) is 12.4. The van der Waals surface area contributed by atoms with Gasteiger partial charge in [0.1, 0.15) is 11.5 Å². The Morgan fingerprint density at radius 2 is 2.06 bits per heavy atom. The van der Waals surface area contributed by atoms with E-state index in [4.69, 9.17) is 20.8 Å². The lowest BCUT2D eigenvalue weighted by Crippen LogP contribution is -1.97. The molecule has 1 heterocycles. The van der Waals surface area contributed by atoms with Gasteiger partial charge in [0.2, 0.25) is 0 Å². The Bertz CT molecular complexity index is 522. The largest absolute Gasteiger partial charge is 0.496 e. The van der Waals surface area contributed by atoms with Crippen LogP contribution in [-0.2, 0) is 0 Å². The molecule has 1 atom stereocenters. The molecule has 0 aliphatic heterocycles. The summed E-state index contributed by atoms with van der Waals surface area (Å²) in [6.07, 6.45) is 1.64. The number of alkyl halides is 1. The van der Waals surface area contributed by atoms with E-state index in [-0.39, 0.29) is 5.38 Å². The van der Waals surface area contributed by atoms with Crippen molar-refractivity contribution in [1.29, 1.82) is 0 Å². The van der Waals surface area contributed by atoms with E-state index in [1.54, 1.807) is 13.4 Å². The van der Waals surface area contributed by atoms with Gasteiger partial charge in [-0.2, -0.15) is 0 Å². The summed E-state index contributed by atoms with van der Waals surface area (Å²) >= 11 is 9.91. The molecule has 1 aromatic carbocycles. The van der Waals surface area contributed by atoms with Crippen LogP contribution in [0, 0.1) is 6.92 Å². The van der Waals surface area contributed by atoms with E-state index >= 15 is 0 Å². The molecular formula is C13H12BrClO2. The molecule has 4 heteroatoms. The van der Waals surface area contributed by atoms with Crippen molar-refractivity contribution in [3.05, 3.63) is 51.9 Å². The second-order valence-electron chi connectivity index (χ2n) is 3.68. The average molecular weight is 316 g/mol. The highest BCUT2D eigenvalue weighted by Gasteiger charge is 2.19. The number of hydrogen-bond acceptors (Lipinski definition) is 2. The normalized spacial score (nSPS) is 12.5. The van der Waals surface area contributed by atoms with E-state index < -0.39 is 0 Å². The van der Waals surface area contributed by atoms with Gasteiger partial charge in [-0.1, -0.05) is 15.9 Å². The van der Waals surface area contributed by atoms with Crippen molar-refractivity contribution in [3.63, 3.8) is 0 Å². The van der Waals surface area contributed by atoms with Gasteiger partial charge in [0.25, 0.3) is 0 Å². The fraction of sp³-hybridized carbons (Fsp3) is 0.231. The second-order valence-corrected chi connectivity index (χ2v) is 5.03. The zero-order valence-electron chi connectivity index (χ0n) is 9.54. The Hall–Kier alpha value is -0.930. The number of hydrogen-bond donors (Lipinski definition) is 0. The summed E-state index contributed by atoms with van der Waals surface area (Å²) in [7, 11) is 1.64. The maximum atomic E-state index is 6.47. The van der Waals surface area contributed by atoms with E-state index in [0.717, 1.165) is 27.1 Å². The maximum Gasteiger partial charge on any atom is 0.123 e. The molecule has 0 fully saturated rings. The van der Waals surface area contributed by atoms with Crippen LogP contribution in [0.5, 0.6) is 5.75 Å². The van der Waals surface area contributed by atoms with Crippen LogP contribution < -0.4 is 4.74 Å². The van der Waals surface area contributed by atoms with Gasteiger partial charge in [-0.3, -0.25) is 0 Å². The molecule has 1 unspecified atom stereocenters. The molecule has 0 saturated carbocycles. The molecule has 2 aromatic rings. The summed E-state index contributed by atoms with van der Waals surface area (Å²) in [5.41, 5.74) is 1.89. The van der Waals surface area contributed by atoms with Gasteiger partial charge in [-0.15, -0.1) is 11.6 Å². The third-order valence-electron chi connectivity index (χ3n) is 2.64. The number of furan rings is 1. The van der Waals surface area contributed by atoms with Gasteiger partial charge in [-0.25, -0.2) is 0 Å². The average Bonchev–Trinajstić information content (AvgIpc) is 2.74. The number of halogens is 2. The predicted molar refractivity (Wildman–Crippen MR) is 71.8 cm³/mol. The smallest absolute Gasteiger partial charge is 0.123 e. The molecule has 0 N–H and O–H groups in total. The van der Waals surface area contributed by atoms with E-state index in [2.05, 4.69) is 15.9 Å². The van der Waals surface area contributed by atoms with Crippen LogP contribution in [0.1, 0.15) is 22.3 Å². The Kier molecular flexibility index (Phi) is 3.79. The molecular weight excluding hydrogens is 303 g/mol. The molecule has 1 aromatic heterocycles. The van der Waals surface area contributed by atoms with Crippen molar-refractivity contribution in [2.75, 3.05) is 7.11 Å². The monoisotopic (exact) mass is 314 g/mol. The Balaban J connectivity index is 2.46. The molecule has 90 valence electrons. The molecule has 0 radical (unpaired) electrons. The van der Waals surface area contributed by atoms with Crippen molar-refractivity contribution in [1.82, 2.24) is 0 Å². The lowest BCUT2D eigenvalue weighted by atomic mass is 10.0. The van der Waals surface area contributed by atoms with Gasteiger partial charge < -0.3 is 9.15 Å². The minimum absolute atomic E-state index is 0.277. The van der Waals surface area contributed by atoms with E-state index in [0.29, 0.717) is 0 Å². The first kappa shape index (κ1) is 12.5. The van der Waals surface area contributed by atoms with Gasteiger partial charge in [0, 0.05) is 15.6 Å². The van der Waals surface area contributed by atoms with Gasteiger partial charge in [0.15, 0.2) is 0 Å². The fourth-order valence-electron chi connectivity index (χ4n) is 1.73. The number of rotatable bonds is 3. The molecule has 0 aliphatic rings. The van der Waals surface area contributed by atoms with Crippen LogP contribution in [0.3, 0.4) is 0 Å². The summed E-state index contributed by atoms with van der Waals surface area (Å²) in [5, 5.41) is -0.277. The van der Waals surface area contributed by atoms with E-state index in [1.165, 1.54) is 0 Å². The van der Waals surface area contributed by atoms with Crippen molar-refractivity contribution in [2.24, 2.45) is 0 Å². The first-order valence-electron chi connectivity index (χ1n) is 5.15. The summed E-state index contributed by atoms with van der Waals surface area (Å²) in [4.78, 5) is 0. The lowest BCUT2D eigenvalue weighted by Gasteiger charge is -2.14. The van der Waals surface area contributed by atoms with Crippen LogP contribution in [-0.4, -0.2) is 7.11 Å². The maximum absolute atomic E-state index is 6.47. The highest BCUT2D eigenvalue weighted by Crippen LogP contribution is 2.38. The van der Waals surface area contributed by atoms with E-state index in [1.807, 2.05) is 31.2 Å². The third kappa shape index (κ3) is 2.50. The summed E-state index contributed by atoms with van der Waals surface area (Å²) in [6, 6.07) is 7.66. The highest BCUT2D eigenvalue weighted by molar-refractivity contribution is 9.10. The van der Waals surface area contributed by atoms with Gasteiger partial charge in [0.05, 0.1) is 18.8 Å². The topological polar surface area (TPSA) is 22.4 Å². The predicted octanol–water partition coefficient (Wildman–Crippen LogP) is 4.69. The van der Waals surface area contributed by atoms with E-state index in [9.17, 15) is 0 Å². The highest BCUT2D eigenvalue weighted by atomic mass is 79.9. The molecule has 17 heavy (non-hydrogen) atoms. The van der Waals surface area contributed by atoms with Crippen LogP contribution in [0.2, 0.25) is 0 Å². The first-order chi connectivity index (χ1) is 8.13. The Labute approximate surface area is 114 Å². The van der Waals surface area contributed by atoms with Crippen molar-refractivity contribution in [3.8, 4) is 5.75 Å². The number of ether oxygens (including phenoxy) is 1. The Morgan fingerprint density at radius 1 is 1.29 bits per heavy atom. The van der Waals surface area contributed by atoms with Gasteiger partial charge >= 0.3 is 0 Å². The molecule has 2 nitrogen and oxygen atoms in total. The third-order valence-corrected chi connectivity index (χ3v) is 3.60. The standard InChI is InChI=1S/C13H12BrClO2/c1-8-10(5-6-17-8)13(15)11-7-9(14)3-4-12(11)16-2/h3-7,13H,1-2H3. The van der Waals surface area contributed by atoms with Crippen molar-refractivity contribution in [2.45, 2.75) is 12.3 Å². The number of aryl methyl sites for hydroxylation is 1. The molecule has 0 aliphatic carbocycles.